The molecule has 0 aliphatic carbocycles. The van der Waals surface area contributed by atoms with Crippen LogP contribution in [0.5, 0.6) is 5.75 Å². The molecule has 1 aromatic carbocycles. The van der Waals surface area contributed by atoms with Crippen molar-refractivity contribution in [2.45, 2.75) is 32.2 Å². The number of nitrogens with two attached hydrogens (primary N) is 1. The smallest absolute Gasteiger partial charge is 0.317 e. The first kappa shape index (κ1) is 21.1. The molecule has 0 saturated carbocycles. The maximum Gasteiger partial charge on any atom is 0.317 e. The fraction of sp³-hybridized carbons (Fsp3) is 0.435. The van der Waals surface area contributed by atoms with Gasteiger partial charge in [0, 0.05) is 50.9 Å². The number of aliphatic hydroxyl groups excluding tert-OH is 1. The summed E-state index contributed by atoms with van der Waals surface area (Å²) in [5.41, 5.74) is 8.24. The van der Waals surface area contributed by atoms with Crippen LogP contribution >= 0.6 is 0 Å². The van der Waals surface area contributed by atoms with E-state index >= 15 is 0 Å². The van der Waals surface area contributed by atoms with Crippen molar-refractivity contribution in [3.63, 3.8) is 0 Å². The van der Waals surface area contributed by atoms with Gasteiger partial charge in [-0.05, 0) is 61.1 Å². The summed E-state index contributed by atoms with van der Waals surface area (Å²) in [5, 5.41) is 17.3. The van der Waals surface area contributed by atoms with Gasteiger partial charge in [0.1, 0.15) is 5.75 Å². The van der Waals surface area contributed by atoms with Gasteiger partial charge in [0.2, 0.25) is 0 Å². The number of rotatable bonds is 5. The molecule has 4 rings (SSSR count). The number of hydrogen-bond donors (Lipinski definition) is 3. The lowest BCUT2D eigenvalue weighted by atomic mass is 9.75. The van der Waals surface area contributed by atoms with Gasteiger partial charge in [-0.2, -0.15) is 0 Å². The van der Waals surface area contributed by atoms with Crippen molar-refractivity contribution < 1.29 is 14.6 Å². The Morgan fingerprint density at radius 1 is 1.16 bits per heavy atom. The third kappa shape index (κ3) is 4.49. The Morgan fingerprint density at radius 2 is 1.90 bits per heavy atom. The van der Waals surface area contributed by atoms with Gasteiger partial charge in [-0.15, -0.1) is 0 Å². The maximum atomic E-state index is 13.2. The first-order chi connectivity index (χ1) is 15.0. The summed E-state index contributed by atoms with van der Waals surface area (Å²) in [6.07, 6.45) is 5.97. The molecule has 0 atom stereocenters. The fourth-order valence-corrected chi connectivity index (χ4v) is 4.54. The molecule has 8 heteroatoms. The van der Waals surface area contributed by atoms with Gasteiger partial charge in [0.05, 0.1) is 5.41 Å². The number of benzene rings is 1. The number of carbonyl (C=O) groups excluding carboxylic acids is 1. The predicted octanol–water partition coefficient (Wildman–Crippen LogP) is 1.91. The summed E-state index contributed by atoms with van der Waals surface area (Å²) in [5.74, 6) is 0.272. The predicted molar refractivity (Wildman–Crippen MR) is 118 cm³/mol. The average molecular weight is 424 g/mol. The molecule has 0 unspecified atom stereocenters. The molecular weight excluding hydrogens is 394 g/mol. The summed E-state index contributed by atoms with van der Waals surface area (Å²) in [4.78, 5) is 21.3. The summed E-state index contributed by atoms with van der Waals surface area (Å²) >= 11 is 0. The topological polar surface area (TPSA) is 116 Å². The molecular formula is C23H29N5O3. The Bertz CT molecular complexity index is 941. The molecule has 2 aromatic rings. The van der Waals surface area contributed by atoms with E-state index in [1.54, 1.807) is 17.3 Å². The Kier molecular flexibility index (Phi) is 6.08. The van der Waals surface area contributed by atoms with Gasteiger partial charge in [-0.25, -0.2) is 0 Å². The average Bonchev–Trinajstić information content (AvgIpc) is 2.79. The third-order valence-corrected chi connectivity index (χ3v) is 6.51. The maximum absolute atomic E-state index is 13.2. The number of fused-ring (bicyclic) bond motifs is 1. The molecule has 1 aromatic heterocycles. The van der Waals surface area contributed by atoms with Crippen LogP contribution in [0.3, 0.4) is 0 Å². The van der Waals surface area contributed by atoms with Crippen LogP contribution in [-0.2, 0) is 17.8 Å². The van der Waals surface area contributed by atoms with E-state index in [-0.39, 0.29) is 18.5 Å². The summed E-state index contributed by atoms with van der Waals surface area (Å²) in [6, 6.07) is 9.63. The van der Waals surface area contributed by atoms with Gasteiger partial charge < -0.3 is 25.4 Å². The number of carbonyl (C=O) groups is 1. The van der Waals surface area contributed by atoms with E-state index in [2.05, 4.69) is 9.88 Å². The van der Waals surface area contributed by atoms with E-state index in [4.69, 9.17) is 15.9 Å². The van der Waals surface area contributed by atoms with E-state index in [0.717, 1.165) is 37.3 Å². The molecule has 1 fully saturated rings. The highest BCUT2D eigenvalue weighted by atomic mass is 16.5. The van der Waals surface area contributed by atoms with E-state index in [1.165, 1.54) is 5.56 Å². The number of aliphatic hydroxyl groups is 1. The van der Waals surface area contributed by atoms with Crippen LogP contribution < -0.4 is 15.4 Å². The van der Waals surface area contributed by atoms with Crippen molar-refractivity contribution >= 4 is 17.6 Å². The largest absolute Gasteiger partial charge is 0.426 e. The van der Waals surface area contributed by atoms with E-state index in [1.807, 2.05) is 30.3 Å². The molecule has 3 heterocycles. The van der Waals surface area contributed by atoms with Crippen molar-refractivity contribution in [2.75, 3.05) is 31.1 Å². The van der Waals surface area contributed by atoms with E-state index in [0.29, 0.717) is 31.6 Å². The Balaban J connectivity index is 1.46. The normalized spacial score (nSPS) is 17.7. The van der Waals surface area contributed by atoms with Gasteiger partial charge >= 0.3 is 5.97 Å². The quantitative estimate of drug-likeness (QED) is 0.291. The number of aromatic nitrogens is 1. The minimum atomic E-state index is -0.695. The molecule has 0 amide bonds. The molecule has 31 heavy (non-hydrogen) atoms. The lowest BCUT2D eigenvalue weighted by Crippen LogP contribution is -2.46. The zero-order valence-corrected chi connectivity index (χ0v) is 17.6. The number of nitrogens with one attached hydrogen (secondary N) is 1. The first-order valence-electron chi connectivity index (χ1n) is 10.7. The minimum Gasteiger partial charge on any atom is -0.426 e. The standard InChI is InChI=1S/C23H29N5O3/c24-22(25)28-11-5-17-1-2-20(15-18(17)16-28)31-21(30)23(8-14-29)6-12-27(13-7-23)19-3-9-26-10-4-19/h1-4,9-10,15,29H,5-8,11-14,16H2,(H3,24,25). The molecule has 0 radical (unpaired) electrons. The number of nitrogens with zero attached hydrogens (tertiary/aromatic N) is 3. The molecule has 0 bridgehead atoms. The highest BCUT2D eigenvalue weighted by Crippen LogP contribution is 2.38. The number of piperidine rings is 1. The summed E-state index contributed by atoms with van der Waals surface area (Å²) in [6.45, 7) is 2.64. The van der Waals surface area contributed by atoms with Crippen molar-refractivity contribution in [3.8, 4) is 5.75 Å². The van der Waals surface area contributed by atoms with Crippen LogP contribution in [0.4, 0.5) is 5.69 Å². The third-order valence-electron chi connectivity index (χ3n) is 6.51. The number of hydrogen-bond acceptors (Lipinski definition) is 6. The minimum absolute atomic E-state index is 0.0518. The van der Waals surface area contributed by atoms with Crippen LogP contribution in [0.2, 0.25) is 0 Å². The zero-order chi connectivity index (χ0) is 21.8. The molecule has 1 saturated heterocycles. The van der Waals surface area contributed by atoms with Crippen LogP contribution in [-0.4, -0.2) is 53.2 Å². The number of pyridine rings is 1. The lowest BCUT2D eigenvalue weighted by Gasteiger charge is -2.40. The van der Waals surface area contributed by atoms with Crippen molar-refractivity contribution in [2.24, 2.45) is 11.1 Å². The lowest BCUT2D eigenvalue weighted by molar-refractivity contribution is -0.148. The number of esters is 1. The molecule has 8 nitrogen and oxygen atoms in total. The van der Waals surface area contributed by atoms with Gasteiger partial charge in [-0.3, -0.25) is 15.2 Å². The van der Waals surface area contributed by atoms with Crippen LogP contribution in [0, 0.1) is 10.8 Å². The number of ether oxygens (including phenoxy) is 1. The van der Waals surface area contributed by atoms with E-state index < -0.39 is 5.41 Å². The molecule has 4 N–H and O–H groups in total. The number of anilines is 1. The van der Waals surface area contributed by atoms with Gasteiger partial charge in [0.25, 0.3) is 0 Å². The molecule has 2 aliphatic rings. The van der Waals surface area contributed by atoms with Crippen molar-refractivity contribution in [3.05, 3.63) is 53.9 Å². The monoisotopic (exact) mass is 423 g/mol. The van der Waals surface area contributed by atoms with Gasteiger partial charge in [0.15, 0.2) is 5.96 Å². The molecule has 2 aliphatic heterocycles. The van der Waals surface area contributed by atoms with Crippen LogP contribution in [0.25, 0.3) is 0 Å². The number of guanidine groups is 1. The van der Waals surface area contributed by atoms with E-state index in [9.17, 15) is 9.90 Å². The van der Waals surface area contributed by atoms with Crippen LogP contribution in [0.15, 0.2) is 42.7 Å². The Labute approximate surface area is 182 Å². The summed E-state index contributed by atoms with van der Waals surface area (Å²) in [7, 11) is 0. The Hall–Kier alpha value is -3.13. The molecule has 0 spiro atoms. The van der Waals surface area contributed by atoms with Crippen LogP contribution in [0.1, 0.15) is 30.4 Å². The second-order valence-corrected chi connectivity index (χ2v) is 8.32. The van der Waals surface area contributed by atoms with Crippen molar-refractivity contribution in [1.29, 1.82) is 5.41 Å². The first-order valence-corrected chi connectivity index (χ1v) is 10.7. The SMILES string of the molecule is N=C(N)N1CCc2ccc(OC(=O)C3(CCO)CCN(c4ccncc4)CC3)cc2C1. The molecule has 164 valence electrons. The summed E-state index contributed by atoms with van der Waals surface area (Å²) < 4.78 is 5.83. The van der Waals surface area contributed by atoms with Gasteiger partial charge in [-0.1, -0.05) is 6.07 Å². The highest BCUT2D eigenvalue weighted by Gasteiger charge is 2.42. The fourth-order valence-electron chi connectivity index (χ4n) is 4.54. The zero-order valence-electron chi connectivity index (χ0n) is 17.6. The highest BCUT2D eigenvalue weighted by molar-refractivity contribution is 5.80. The second-order valence-electron chi connectivity index (χ2n) is 8.32. The van der Waals surface area contributed by atoms with Crippen molar-refractivity contribution in [1.82, 2.24) is 9.88 Å². The second kappa shape index (κ2) is 8.93. The Morgan fingerprint density at radius 3 is 2.58 bits per heavy atom.